The van der Waals surface area contributed by atoms with Gasteiger partial charge in [-0.25, -0.2) is 5.53 Å². The topological polar surface area (TPSA) is 121 Å². The van der Waals surface area contributed by atoms with Gasteiger partial charge in [0.2, 0.25) is 0 Å². The van der Waals surface area contributed by atoms with Crippen LogP contribution in [-0.4, -0.2) is 16.6 Å². The summed E-state index contributed by atoms with van der Waals surface area (Å²) < 4.78 is 0. The number of aliphatic carboxylic acids is 1. The van der Waals surface area contributed by atoms with Gasteiger partial charge in [-0.15, -0.1) is 0 Å². The minimum absolute atomic E-state index is 0.0181. The van der Waals surface area contributed by atoms with Crippen molar-refractivity contribution in [2.24, 2.45) is 5.11 Å². The number of carbonyl (C=O) groups is 1. The number of hydrogen-bond acceptors (Lipinski definition) is 5. The van der Waals surface area contributed by atoms with Gasteiger partial charge in [-0.1, -0.05) is 0 Å². The first-order valence-corrected chi connectivity index (χ1v) is 3.53. The molecule has 0 rings (SSSR count). The number of carboxylic acids is 1. The molecule has 6 nitrogen and oxygen atoms in total. The minimum Gasteiger partial charge on any atom is -0.481 e. The van der Waals surface area contributed by atoms with Crippen LogP contribution < -0.4 is 0 Å². The molecule has 0 saturated carbocycles. The molecule has 0 aromatic heterocycles. The summed E-state index contributed by atoms with van der Waals surface area (Å²) in [4.78, 5) is 10.1. The molecule has 0 amide bonds. The molecule has 0 aromatic carbocycles. The minimum atomic E-state index is -1.70. The van der Waals surface area contributed by atoms with Crippen molar-refractivity contribution in [1.29, 1.82) is 16.1 Å². The van der Waals surface area contributed by atoms with E-state index in [4.69, 9.17) is 21.2 Å². The second kappa shape index (κ2) is 4.83. The molecule has 0 aromatic rings. The van der Waals surface area contributed by atoms with Crippen LogP contribution in [0.3, 0.4) is 0 Å². The Morgan fingerprint density at radius 1 is 1.54 bits per heavy atom. The highest BCUT2D eigenvalue weighted by Gasteiger charge is 2.28. The van der Waals surface area contributed by atoms with Gasteiger partial charge in [0.25, 0.3) is 5.54 Å². The molecule has 0 heterocycles. The van der Waals surface area contributed by atoms with Crippen LogP contribution >= 0.6 is 0 Å². The molecule has 0 radical (unpaired) electrons. The van der Waals surface area contributed by atoms with Gasteiger partial charge in [0, 0.05) is 12.8 Å². The summed E-state index contributed by atoms with van der Waals surface area (Å²) in [5.74, 6) is -0.991. The van der Waals surface area contributed by atoms with Gasteiger partial charge in [0.1, 0.15) is 12.1 Å². The Morgan fingerprint density at radius 2 is 2.08 bits per heavy atom. The zero-order valence-corrected chi connectivity index (χ0v) is 6.82. The third-order valence-electron chi connectivity index (χ3n) is 1.49. The molecular formula is C7H8N4O2. The van der Waals surface area contributed by atoms with Crippen LogP contribution in [0, 0.1) is 28.2 Å². The van der Waals surface area contributed by atoms with Crippen molar-refractivity contribution < 1.29 is 9.90 Å². The lowest BCUT2D eigenvalue weighted by molar-refractivity contribution is -0.137. The molecule has 6 heteroatoms. The number of nitriles is 2. The SMILES string of the molecule is N#CC(C#N)(CCCC(=O)O)N=N. The lowest BCUT2D eigenvalue weighted by Crippen LogP contribution is -2.21. The fourth-order valence-electron chi connectivity index (χ4n) is 0.738. The van der Waals surface area contributed by atoms with Crippen LogP contribution in [-0.2, 0) is 4.79 Å². The quantitative estimate of drug-likeness (QED) is 0.614. The van der Waals surface area contributed by atoms with Gasteiger partial charge in [0.05, 0.1) is 0 Å². The Morgan fingerprint density at radius 3 is 2.38 bits per heavy atom. The maximum Gasteiger partial charge on any atom is 0.303 e. The van der Waals surface area contributed by atoms with E-state index in [0.717, 1.165) is 0 Å². The zero-order chi connectivity index (χ0) is 10.3. The number of nitrogens with zero attached hydrogens (tertiary/aromatic N) is 3. The number of carboxylic acid groups (broad SMARTS) is 1. The van der Waals surface area contributed by atoms with Crippen molar-refractivity contribution >= 4 is 5.97 Å². The van der Waals surface area contributed by atoms with Gasteiger partial charge in [-0.2, -0.15) is 15.6 Å². The third-order valence-corrected chi connectivity index (χ3v) is 1.49. The second-order valence-corrected chi connectivity index (χ2v) is 2.44. The summed E-state index contributed by atoms with van der Waals surface area (Å²) in [6.45, 7) is 0. The molecule has 0 aliphatic carbocycles. The van der Waals surface area contributed by atoms with Crippen LogP contribution in [0.15, 0.2) is 5.11 Å². The second-order valence-electron chi connectivity index (χ2n) is 2.44. The van der Waals surface area contributed by atoms with E-state index < -0.39 is 11.5 Å². The smallest absolute Gasteiger partial charge is 0.303 e. The van der Waals surface area contributed by atoms with Crippen molar-refractivity contribution in [1.82, 2.24) is 0 Å². The Bertz CT molecular complexity index is 272. The standard InChI is InChI=1S/C7H8N4O2/c8-4-7(5-9,11-10)3-1-2-6(12)13/h10H,1-3H2,(H,12,13). The molecule has 13 heavy (non-hydrogen) atoms. The molecule has 68 valence electrons. The van der Waals surface area contributed by atoms with E-state index in [2.05, 4.69) is 5.11 Å². The summed E-state index contributed by atoms with van der Waals surface area (Å²) in [7, 11) is 0. The van der Waals surface area contributed by atoms with E-state index >= 15 is 0 Å². The summed E-state index contributed by atoms with van der Waals surface area (Å²) >= 11 is 0. The van der Waals surface area contributed by atoms with E-state index in [1.165, 1.54) is 0 Å². The predicted octanol–water partition coefficient (Wildman–Crippen LogP) is 1.06. The molecule has 0 bridgehead atoms. The monoisotopic (exact) mass is 180 g/mol. The van der Waals surface area contributed by atoms with Crippen molar-refractivity contribution in [2.45, 2.75) is 24.8 Å². The predicted molar refractivity (Wildman–Crippen MR) is 40.6 cm³/mol. The lowest BCUT2D eigenvalue weighted by atomic mass is 9.97. The first-order valence-electron chi connectivity index (χ1n) is 3.53. The first-order chi connectivity index (χ1) is 6.10. The van der Waals surface area contributed by atoms with E-state index in [1.807, 2.05) is 0 Å². The van der Waals surface area contributed by atoms with Gasteiger partial charge in [-0.05, 0) is 6.42 Å². The molecule has 0 atom stereocenters. The van der Waals surface area contributed by atoms with E-state index in [-0.39, 0.29) is 19.3 Å². The Hall–Kier alpha value is -1.95. The molecule has 0 fully saturated rings. The summed E-state index contributed by atoms with van der Waals surface area (Å²) in [5.41, 5.74) is 4.93. The van der Waals surface area contributed by atoms with Crippen molar-refractivity contribution in [2.75, 3.05) is 0 Å². The Kier molecular flexibility index (Phi) is 4.11. The van der Waals surface area contributed by atoms with Crippen LogP contribution in [0.25, 0.3) is 0 Å². The van der Waals surface area contributed by atoms with Crippen LogP contribution in [0.5, 0.6) is 0 Å². The summed E-state index contributed by atoms with van der Waals surface area (Å²) in [5, 5.41) is 28.2. The van der Waals surface area contributed by atoms with Crippen molar-refractivity contribution in [3.05, 3.63) is 0 Å². The average Bonchev–Trinajstić information content (AvgIpc) is 2.13. The fourth-order valence-corrected chi connectivity index (χ4v) is 0.738. The maximum atomic E-state index is 10.1. The van der Waals surface area contributed by atoms with Gasteiger partial charge in [0.15, 0.2) is 0 Å². The average molecular weight is 180 g/mol. The first kappa shape index (κ1) is 11.1. The zero-order valence-electron chi connectivity index (χ0n) is 6.82. The van der Waals surface area contributed by atoms with Crippen LogP contribution in [0.1, 0.15) is 19.3 Å². The highest BCUT2D eigenvalue weighted by atomic mass is 16.4. The number of rotatable bonds is 5. The molecule has 0 unspecified atom stereocenters. The normalized spacial score (nSPS) is 9.69. The summed E-state index contributed by atoms with van der Waals surface area (Å²) in [6, 6.07) is 3.16. The highest BCUT2D eigenvalue weighted by Crippen LogP contribution is 2.17. The van der Waals surface area contributed by atoms with Gasteiger partial charge in [-0.3, -0.25) is 4.79 Å². The van der Waals surface area contributed by atoms with Crippen LogP contribution in [0.2, 0.25) is 0 Å². The molecular weight excluding hydrogens is 172 g/mol. The van der Waals surface area contributed by atoms with E-state index in [1.54, 1.807) is 12.1 Å². The van der Waals surface area contributed by atoms with E-state index in [0.29, 0.717) is 0 Å². The molecule has 0 aliphatic rings. The van der Waals surface area contributed by atoms with Crippen LogP contribution in [0.4, 0.5) is 0 Å². The Balaban J connectivity index is 4.16. The lowest BCUT2D eigenvalue weighted by Gasteiger charge is -2.08. The summed E-state index contributed by atoms with van der Waals surface area (Å²) in [6.07, 6.45) is 0.0231. The maximum absolute atomic E-state index is 10.1. The highest BCUT2D eigenvalue weighted by molar-refractivity contribution is 5.66. The van der Waals surface area contributed by atoms with Gasteiger partial charge < -0.3 is 5.11 Å². The van der Waals surface area contributed by atoms with E-state index in [9.17, 15) is 4.79 Å². The third kappa shape index (κ3) is 3.30. The number of hydrogen-bond donors (Lipinski definition) is 2. The molecule has 0 saturated heterocycles. The molecule has 0 spiro atoms. The van der Waals surface area contributed by atoms with Crippen molar-refractivity contribution in [3.63, 3.8) is 0 Å². The van der Waals surface area contributed by atoms with Gasteiger partial charge >= 0.3 is 5.97 Å². The molecule has 2 N–H and O–H groups in total. The molecule has 0 aliphatic heterocycles. The van der Waals surface area contributed by atoms with Crippen molar-refractivity contribution in [3.8, 4) is 12.1 Å². The Labute approximate surface area is 74.9 Å². The largest absolute Gasteiger partial charge is 0.481 e. The fraction of sp³-hybridized carbons (Fsp3) is 0.571. The number of nitrogens with one attached hydrogen (secondary N) is 1.